The van der Waals surface area contributed by atoms with Crippen LogP contribution in [0.3, 0.4) is 0 Å². The highest BCUT2D eigenvalue weighted by Gasteiger charge is 2.53. The van der Waals surface area contributed by atoms with E-state index in [2.05, 4.69) is 229 Å². The molecule has 0 N–H and O–H groups in total. The number of nitrogens with zero attached hydrogens (tertiary/aromatic N) is 1. The first-order valence-electron chi connectivity index (χ1n) is 24.1. The summed E-state index contributed by atoms with van der Waals surface area (Å²) in [7, 11) is 0. The molecule has 0 amide bonds. The molecule has 0 saturated carbocycles. The summed E-state index contributed by atoms with van der Waals surface area (Å²) in [6.07, 6.45) is 0. The third-order valence-electron chi connectivity index (χ3n) is 15.1. The zero-order valence-electron chi connectivity index (χ0n) is 37.9. The van der Waals surface area contributed by atoms with E-state index in [1.807, 2.05) is 24.3 Å². The molecule has 0 atom stereocenters. The summed E-state index contributed by atoms with van der Waals surface area (Å²) in [4.78, 5) is 2.48. The van der Waals surface area contributed by atoms with Crippen molar-refractivity contribution in [3.8, 4) is 55.6 Å². The van der Waals surface area contributed by atoms with Crippen LogP contribution in [0.15, 0.2) is 258 Å². The van der Waals surface area contributed by atoms with E-state index in [4.69, 9.17) is 8.83 Å². The van der Waals surface area contributed by atoms with E-state index in [0.29, 0.717) is 0 Å². The number of anilines is 3. The maximum atomic E-state index is 6.21. The predicted octanol–water partition coefficient (Wildman–Crippen LogP) is 18.3. The molecule has 0 unspecified atom stereocenters. The van der Waals surface area contributed by atoms with Crippen LogP contribution in [0.5, 0.6) is 0 Å². The first kappa shape index (κ1) is 38.9. The Morgan fingerprint density at radius 3 is 1.11 bits per heavy atom. The summed E-state index contributed by atoms with van der Waals surface area (Å²) in [5.74, 6) is 0. The Bertz CT molecular complexity index is 4170. The van der Waals surface area contributed by atoms with Crippen molar-refractivity contribution in [2.75, 3.05) is 4.90 Å². The fourth-order valence-electron chi connectivity index (χ4n) is 12.0. The minimum absolute atomic E-state index is 0.520. The van der Waals surface area contributed by atoms with Crippen molar-refractivity contribution < 1.29 is 8.83 Å². The molecule has 2 aromatic heterocycles. The van der Waals surface area contributed by atoms with Crippen LogP contribution in [0.25, 0.3) is 99.5 Å². The van der Waals surface area contributed by atoms with Gasteiger partial charge < -0.3 is 13.7 Å². The maximum Gasteiger partial charge on any atom is 0.135 e. The molecule has 3 nitrogen and oxygen atoms in total. The van der Waals surface area contributed by atoms with Gasteiger partial charge in [-0.1, -0.05) is 182 Å². The van der Waals surface area contributed by atoms with E-state index in [0.717, 1.165) is 83.2 Å². The predicted molar refractivity (Wildman–Crippen MR) is 288 cm³/mol. The molecule has 1 spiro atoms. The van der Waals surface area contributed by atoms with E-state index < -0.39 is 5.41 Å². The lowest BCUT2D eigenvalue weighted by Crippen LogP contribution is -2.28. The number of benzene rings is 11. The Balaban J connectivity index is 0.872. The van der Waals surface area contributed by atoms with Crippen LogP contribution in [-0.4, -0.2) is 0 Å². The third kappa shape index (κ3) is 5.57. The second kappa shape index (κ2) is 14.9. The highest BCUT2D eigenvalue weighted by molar-refractivity contribution is 6.08. The summed E-state index contributed by atoms with van der Waals surface area (Å²) < 4.78 is 12.3. The molecule has 2 aliphatic carbocycles. The maximum absolute atomic E-state index is 6.21. The first-order valence-corrected chi connectivity index (χ1v) is 24.1. The zero-order chi connectivity index (χ0) is 45.9. The van der Waals surface area contributed by atoms with Crippen LogP contribution < -0.4 is 4.90 Å². The molecule has 0 saturated heterocycles. The molecular formula is C67H41NO2. The van der Waals surface area contributed by atoms with Crippen LogP contribution in [0.4, 0.5) is 17.1 Å². The fraction of sp³-hybridized carbons (Fsp3) is 0.0149. The normalized spacial score (nSPS) is 13.0. The average molecular weight is 892 g/mol. The highest BCUT2D eigenvalue weighted by Crippen LogP contribution is 2.65. The first-order chi connectivity index (χ1) is 34.7. The molecule has 11 aromatic carbocycles. The molecule has 0 bridgehead atoms. The fourth-order valence-corrected chi connectivity index (χ4v) is 12.0. The monoisotopic (exact) mass is 891 g/mol. The summed E-state index contributed by atoms with van der Waals surface area (Å²) in [6.45, 7) is 0. The lowest BCUT2D eigenvalue weighted by Gasteiger charge is -2.36. The largest absolute Gasteiger partial charge is 0.456 e. The van der Waals surface area contributed by atoms with Crippen LogP contribution in [0.1, 0.15) is 22.3 Å². The molecule has 13 aromatic rings. The van der Waals surface area contributed by atoms with Crippen LogP contribution in [-0.2, 0) is 5.41 Å². The van der Waals surface area contributed by atoms with Crippen molar-refractivity contribution in [3.63, 3.8) is 0 Å². The Labute approximate surface area is 404 Å². The number of hydrogen-bond donors (Lipinski definition) is 0. The van der Waals surface area contributed by atoms with Gasteiger partial charge in [-0.15, -0.1) is 0 Å². The number of para-hydroxylation sites is 2. The molecule has 0 fully saturated rings. The Kier molecular flexibility index (Phi) is 8.28. The van der Waals surface area contributed by atoms with Crippen molar-refractivity contribution >= 4 is 60.9 Å². The Morgan fingerprint density at radius 2 is 0.629 bits per heavy atom. The van der Waals surface area contributed by atoms with Gasteiger partial charge in [0.2, 0.25) is 0 Å². The molecule has 0 aliphatic heterocycles. The second-order valence-electron chi connectivity index (χ2n) is 18.7. The minimum atomic E-state index is -0.520. The van der Waals surface area contributed by atoms with E-state index in [-0.39, 0.29) is 0 Å². The molecule has 3 heteroatoms. The smallest absolute Gasteiger partial charge is 0.135 e. The second-order valence-corrected chi connectivity index (χ2v) is 18.7. The number of fused-ring (bicyclic) bond motifs is 16. The van der Waals surface area contributed by atoms with Gasteiger partial charge >= 0.3 is 0 Å². The standard InChI is InChI=1S/C67H41NO2/c1-6-18-58-50(12-1)51-13-2-7-19-59(51)67(58)60-20-8-3-14-52(60)55-17-11-21-61(66(55)67)68(49-36-30-45(31-37-49)47-33-39-65-57(41-47)54-16-5-10-23-63(54)70-65)48-34-28-43(29-35-48)42-24-26-44(27-25-42)46-32-38-64-56(40-46)53-15-4-9-22-62(53)69-64/h1-41H. The Morgan fingerprint density at radius 1 is 0.271 bits per heavy atom. The molecule has 0 radical (unpaired) electrons. The topological polar surface area (TPSA) is 29.5 Å². The number of rotatable bonds is 6. The van der Waals surface area contributed by atoms with Crippen LogP contribution in [0.2, 0.25) is 0 Å². The van der Waals surface area contributed by atoms with Gasteiger partial charge in [-0.05, 0) is 139 Å². The molecule has 70 heavy (non-hydrogen) atoms. The summed E-state index contributed by atoms with van der Waals surface area (Å²) in [5, 5.41) is 4.53. The lowest BCUT2D eigenvalue weighted by molar-refractivity contribution is 0.668. The summed E-state index contributed by atoms with van der Waals surface area (Å²) in [6, 6.07) is 90.8. The Hall–Kier alpha value is -9.18. The van der Waals surface area contributed by atoms with Gasteiger partial charge in [-0.2, -0.15) is 0 Å². The van der Waals surface area contributed by atoms with Gasteiger partial charge in [0, 0.05) is 38.5 Å². The molecule has 15 rings (SSSR count). The van der Waals surface area contributed by atoms with Crippen molar-refractivity contribution in [2.24, 2.45) is 0 Å². The quantitative estimate of drug-likeness (QED) is 0.167. The SMILES string of the molecule is c1ccc2c(c1)-c1ccccc1C21c2ccccc2-c2cccc(N(c3ccc(-c4ccc(-c5ccc6oc7ccccc7c6c5)cc4)cc3)c3ccc(-c4ccc5oc6ccccc6c5c4)cc3)c21. The van der Waals surface area contributed by atoms with Crippen LogP contribution >= 0.6 is 0 Å². The highest BCUT2D eigenvalue weighted by atomic mass is 16.3. The van der Waals surface area contributed by atoms with Crippen LogP contribution in [0, 0.1) is 0 Å². The number of furan rings is 2. The van der Waals surface area contributed by atoms with E-state index in [1.54, 1.807) is 0 Å². The molecule has 2 aliphatic rings. The van der Waals surface area contributed by atoms with Crippen molar-refractivity contribution in [1.29, 1.82) is 0 Å². The third-order valence-corrected chi connectivity index (χ3v) is 15.1. The number of hydrogen-bond acceptors (Lipinski definition) is 3. The van der Waals surface area contributed by atoms with Gasteiger partial charge in [-0.3, -0.25) is 0 Å². The summed E-state index contributed by atoms with van der Waals surface area (Å²) >= 11 is 0. The van der Waals surface area contributed by atoms with Gasteiger partial charge in [0.25, 0.3) is 0 Å². The molecule has 2 heterocycles. The van der Waals surface area contributed by atoms with Gasteiger partial charge in [0.15, 0.2) is 0 Å². The van der Waals surface area contributed by atoms with E-state index >= 15 is 0 Å². The van der Waals surface area contributed by atoms with E-state index in [1.165, 1.54) is 55.6 Å². The minimum Gasteiger partial charge on any atom is -0.456 e. The molecular weight excluding hydrogens is 851 g/mol. The molecule has 326 valence electrons. The zero-order valence-corrected chi connectivity index (χ0v) is 37.9. The average Bonchev–Trinajstić information content (AvgIpc) is 4.17. The van der Waals surface area contributed by atoms with E-state index in [9.17, 15) is 0 Å². The van der Waals surface area contributed by atoms with Gasteiger partial charge in [-0.25, -0.2) is 0 Å². The van der Waals surface area contributed by atoms with Crippen molar-refractivity contribution in [3.05, 3.63) is 271 Å². The summed E-state index contributed by atoms with van der Waals surface area (Å²) in [5.41, 5.74) is 23.8. The van der Waals surface area contributed by atoms with Gasteiger partial charge in [0.1, 0.15) is 22.3 Å². The lowest BCUT2D eigenvalue weighted by atomic mass is 9.70. The van der Waals surface area contributed by atoms with Gasteiger partial charge in [0.05, 0.1) is 11.1 Å². The van der Waals surface area contributed by atoms with Crippen molar-refractivity contribution in [2.45, 2.75) is 5.41 Å². The van der Waals surface area contributed by atoms with Crippen molar-refractivity contribution in [1.82, 2.24) is 0 Å².